The first-order valence-corrected chi connectivity index (χ1v) is 8.71. The number of hydrogen-bond acceptors (Lipinski definition) is 2. The lowest BCUT2D eigenvalue weighted by atomic mass is 9.98. The molecule has 0 aromatic heterocycles. The Morgan fingerprint density at radius 1 is 0.885 bits per heavy atom. The Labute approximate surface area is 153 Å². The highest BCUT2D eigenvalue weighted by Crippen LogP contribution is 2.29. The molecule has 0 atom stereocenters. The van der Waals surface area contributed by atoms with Crippen molar-refractivity contribution in [3.63, 3.8) is 0 Å². The molecular weight excluding hydrogens is 324 g/mol. The largest absolute Gasteiger partial charge is 0.492 e. The van der Waals surface area contributed by atoms with Crippen LogP contribution in [0.4, 0.5) is 0 Å². The first kappa shape index (κ1) is 17.7. The number of rotatable bonds is 7. The average molecular weight is 346 g/mol. The standard InChI is InChI=1S/C23H22O3/c1-17-12-13-20(16-19-10-6-3-7-11-19)22(21(17)23(24)25)26-15-14-18-8-4-2-5-9-18/h2-13H,14-16H2,1H3,(H,24,25). The van der Waals surface area contributed by atoms with Crippen LogP contribution >= 0.6 is 0 Å². The van der Waals surface area contributed by atoms with E-state index >= 15 is 0 Å². The van der Waals surface area contributed by atoms with E-state index < -0.39 is 5.97 Å². The van der Waals surface area contributed by atoms with E-state index in [1.54, 1.807) is 6.92 Å². The highest BCUT2D eigenvalue weighted by molar-refractivity contribution is 5.93. The highest BCUT2D eigenvalue weighted by Gasteiger charge is 2.19. The van der Waals surface area contributed by atoms with Gasteiger partial charge in [-0.05, 0) is 29.2 Å². The molecule has 0 fully saturated rings. The van der Waals surface area contributed by atoms with E-state index in [0.29, 0.717) is 24.3 Å². The second kappa shape index (κ2) is 8.34. The Kier molecular flexibility index (Phi) is 5.69. The summed E-state index contributed by atoms with van der Waals surface area (Å²) < 4.78 is 6.01. The van der Waals surface area contributed by atoms with E-state index in [1.165, 1.54) is 5.56 Å². The second-order valence-electron chi connectivity index (χ2n) is 6.30. The number of carbonyl (C=O) groups is 1. The fourth-order valence-corrected chi connectivity index (χ4v) is 3.03. The maximum absolute atomic E-state index is 11.8. The molecule has 1 N–H and O–H groups in total. The van der Waals surface area contributed by atoms with Gasteiger partial charge in [0.25, 0.3) is 0 Å². The van der Waals surface area contributed by atoms with Gasteiger partial charge in [0.05, 0.1) is 6.61 Å². The number of aromatic carboxylic acids is 1. The van der Waals surface area contributed by atoms with Crippen molar-refractivity contribution in [3.8, 4) is 5.75 Å². The minimum atomic E-state index is -0.952. The van der Waals surface area contributed by atoms with Crippen molar-refractivity contribution in [1.29, 1.82) is 0 Å². The topological polar surface area (TPSA) is 46.5 Å². The van der Waals surface area contributed by atoms with Crippen LogP contribution in [0.25, 0.3) is 0 Å². The summed E-state index contributed by atoms with van der Waals surface area (Å²) in [6.45, 7) is 2.25. The Bertz CT molecular complexity index is 871. The molecule has 0 saturated carbocycles. The van der Waals surface area contributed by atoms with Crippen LogP contribution in [0.2, 0.25) is 0 Å². The molecule has 0 aliphatic heterocycles. The first-order valence-electron chi connectivity index (χ1n) is 8.71. The molecule has 0 amide bonds. The Morgan fingerprint density at radius 2 is 1.50 bits per heavy atom. The van der Waals surface area contributed by atoms with Gasteiger partial charge >= 0.3 is 5.97 Å². The summed E-state index contributed by atoms with van der Waals surface area (Å²) in [4.78, 5) is 11.8. The molecule has 3 aromatic rings. The number of carboxylic acid groups (broad SMARTS) is 1. The fraction of sp³-hybridized carbons (Fsp3) is 0.174. The monoisotopic (exact) mass is 346 g/mol. The van der Waals surface area contributed by atoms with Crippen LogP contribution in [0.1, 0.15) is 32.6 Å². The van der Waals surface area contributed by atoms with Crippen molar-refractivity contribution >= 4 is 5.97 Å². The van der Waals surface area contributed by atoms with Crippen molar-refractivity contribution in [2.24, 2.45) is 0 Å². The Hall–Kier alpha value is -3.07. The third kappa shape index (κ3) is 4.31. The Balaban J connectivity index is 1.86. The van der Waals surface area contributed by atoms with Crippen LogP contribution in [0.3, 0.4) is 0 Å². The van der Waals surface area contributed by atoms with Crippen LogP contribution < -0.4 is 4.74 Å². The number of hydrogen-bond donors (Lipinski definition) is 1. The number of carboxylic acids is 1. The first-order chi connectivity index (χ1) is 12.6. The smallest absolute Gasteiger partial charge is 0.339 e. The van der Waals surface area contributed by atoms with Crippen LogP contribution in [-0.4, -0.2) is 17.7 Å². The van der Waals surface area contributed by atoms with Gasteiger partial charge in [0.1, 0.15) is 11.3 Å². The van der Waals surface area contributed by atoms with E-state index in [4.69, 9.17) is 4.74 Å². The molecule has 0 heterocycles. The molecule has 3 aromatic carbocycles. The summed E-state index contributed by atoms with van der Waals surface area (Å²) in [5.41, 5.74) is 4.16. The van der Waals surface area contributed by atoms with E-state index in [2.05, 4.69) is 0 Å². The van der Waals surface area contributed by atoms with E-state index in [9.17, 15) is 9.90 Å². The molecule has 132 valence electrons. The van der Waals surface area contributed by atoms with Crippen LogP contribution in [-0.2, 0) is 12.8 Å². The van der Waals surface area contributed by atoms with Gasteiger partial charge in [-0.3, -0.25) is 0 Å². The molecule has 0 bridgehead atoms. The minimum absolute atomic E-state index is 0.256. The molecule has 3 rings (SSSR count). The van der Waals surface area contributed by atoms with Gasteiger partial charge in [0.15, 0.2) is 0 Å². The predicted octanol–water partition coefficient (Wildman–Crippen LogP) is 4.91. The zero-order valence-electron chi connectivity index (χ0n) is 14.8. The van der Waals surface area contributed by atoms with Crippen LogP contribution in [0, 0.1) is 6.92 Å². The molecular formula is C23H22O3. The second-order valence-corrected chi connectivity index (χ2v) is 6.30. The SMILES string of the molecule is Cc1ccc(Cc2ccccc2)c(OCCc2ccccc2)c1C(=O)O. The summed E-state index contributed by atoms with van der Waals surface area (Å²) in [5, 5.41) is 9.67. The van der Waals surface area contributed by atoms with Gasteiger partial charge in [-0.15, -0.1) is 0 Å². The maximum atomic E-state index is 11.8. The summed E-state index contributed by atoms with van der Waals surface area (Å²) in [6.07, 6.45) is 1.38. The van der Waals surface area contributed by atoms with Crippen LogP contribution in [0.5, 0.6) is 5.75 Å². The molecule has 3 nitrogen and oxygen atoms in total. The van der Waals surface area contributed by atoms with Gasteiger partial charge in [0.2, 0.25) is 0 Å². The molecule has 0 aliphatic rings. The number of aryl methyl sites for hydroxylation is 1. The van der Waals surface area contributed by atoms with Crippen molar-refractivity contribution in [2.45, 2.75) is 19.8 Å². The van der Waals surface area contributed by atoms with E-state index in [-0.39, 0.29) is 5.56 Å². The number of ether oxygens (including phenoxy) is 1. The van der Waals surface area contributed by atoms with Crippen molar-refractivity contribution < 1.29 is 14.6 Å². The lowest BCUT2D eigenvalue weighted by molar-refractivity contribution is 0.0691. The van der Waals surface area contributed by atoms with Crippen LogP contribution in [0.15, 0.2) is 72.8 Å². The zero-order chi connectivity index (χ0) is 18.4. The fourth-order valence-electron chi connectivity index (χ4n) is 3.03. The summed E-state index contributed by atoms with van der Waals surface area (Å²) in [6, 6.07) is 23.9. The van der Waals surface area contributed by atoms with Crippen molar-refractivity contribution in [2.75, 3.05) is 6.61 Å². The zero-order valence-corrected chi connectivity index (χ0v) is 14.8. The Morgan fingerprint density at radius 3 is 2.12 bits per heavy atom. The lowest BCUT2D eigenvalue weighted by Gasteiger charge is -2.16. The third-order valence-electron chi connectivity index (χ3n) is 4.38. The predicted molar refractivity (Wildman–Crippen MR) is 103 cm³/mol. The minimum Gasteiger partial charge on any atom is -0.492 e. The molecule has 26 heavy (non-hydrogen) atoms. The van der Waals surface area contributed by atoms with Gasteiger partial charge in [-0.25, -0.2) is 4.79 Å². The third-order valence-corrected chi connectivity index (χ3v) is 4.38. The molecule has 0 aliphatic carbocycles. The number of benzene rings is 3. The maximum Gasteiger partial charge on any atom is 0.339 e. The average Bonchev–Trinajstić information content (AvgIpc) is 2.65. The van der Waals surface area contributed by atoms with Gasteiger partial charge in [-0.2, -0.15) is 0 Å². The summed E-state index contributed by atoms with van der Waals surface area (Å²) in [5.74, 6) is -0.468. The van der Waals surface area contributed by atoms with Crippen molar-refractivity contribution in [1.82, 2.24) is 0 Å². The van der Waals surface area contributed by atoms with Gasteiger partial charge < -0.3 is 9.84 Å². The molecule has 0 spiro atoms. The summed E-state index contributed by atoms with van der Waals surface area (Å²) >= 11 is 0. The normalized spacial score (nSPS) is 10.5. The van der Waals surface area contributed by atoms with E-state index in [0.717, 1.165) is 17.5 Å². The van der Waals surface area contributed by atoms with Gasteiger partial charge in [0, 0.05) is 12.8 Å². The molecule has 3 heteroatoms. The highest BCUT2D eigenvalue weighted by atomic mass is 16.5. The van der Waals surface area contributed by atoms with Gasteiger partial charge in [-0.1, -0.05) is 72.8 Å². The van der Waals surface area contributed by atoms with E-state index in [1.807, 2.05) is 72.8 Å². The quantitative estimate of drug-likeness (QED) is 0.661. The molecule has 0 radical (unpaired) electrons. The summed E-state index contributed by atoms with van der Waals surface area (Å²) in [7, 11) is 0. The molecule has 0 saturated heterocycles. The molecule has 0 unspecified atom stereocenters. The van der Waals surface area contributed by atoms with Crippen molar-refractivity contribution in [3.05, 3.63) is 101 Å². The lowest BCUT2D eigenvalue weighted by Crippen LogP contribution is -2.11.